The van der Waals surface area contributed by atoms with Gasteiger partial charge in [0.05, 0.1) is 5.56 Å². The number of hydrogen-bond acceptors (Lipinski definition) is 7. The Balaban J connectivity index is 1.62. The summed E-state index contributed by atoms with van der Waals surface area (Å²) < 4.78 is 129. The van der Waals surface area contributed by atoms with Gasteiger partial charge in [0.25, 0.3) is 0 Å². The number of ether oxygens (including phenoxy) is 2. The lowest BCUT2D eigenvalue weighted by Gasteiger charge is -2.15. The third kappa shape index (κ3) is 8.52. The van der Waals surface area contributed by atoms with E-state index in [1.54, 1.807) is 16.9 Å². The number of halogens is 7. The molecular weight excluding hydrogens is 597 g/mol. The van der Waals surface area contributed by atoms with Crippen LogP contribution in [0.5, 0.6) is 11.8 Å². The average molecular weight is 617 g/mol. The molecular formula is C26H19F7N4O4S. The molecule has 0 amide bonds. The van der Waals surface area contributed by atoms with E-state index >= 15 is 0 Å². The Bertz CT molecular complexity index is 1650. The monoisotopic (exact) mass is 616 g/mol. The van der Waals surface area contributed by atoms with Crippen LogP contribution in [0, 0.1) is 5.82 Å². The van der Waals surface area contributed by atoms with Crippen LogP contribution in [0.1, 0.15) is 16.7 Å². The first-order valence-electron chi connectivity index (χ1n) is 11.7. The van der Waals surface area contributed by atoms with Gasteiger partial charge in [0, 0.05) is 30.2 Å². The third-order valence-corrected chi connectivity index (χ3v) is 6.57. The normalized spacial score (nSPS) is 12.2. The topological polar surface area (TPSA) is 103 Å². The summed E-state index contributed by atoms with van der Waals surface area (Å²) in [6.45, 7) is -0.515. The molecule has 16 heteroatoms. The van der Waals surface area contributed by atoms with E-state index in [0.29, 0.717) is 5.56 Å². The van der Waals surface area contributed by atoms with Gasteiger partial charge < -0.3 is 9.47 Å². The van der Waals surface area contributed by atoms with Gasteiger partial charge in [0.2, 0.25) is 21.8 Å². The van der Waals surface area contributed by atoms with Gasteiger partial charge in [-0.2, -0.15) is 26.3 Å². The molecule has 0 fully saturated rings. The highest BCUT2D eigenvalue weighted by atomic mass is 32.2. The maximum Gasteiger partial charge on any atom is 0.416 e. The summed E-state index contributed by atoms with van der Waals surface area (Å²) in [6, 6.07) is 10.5. The van der Waals surface area contributed by atoms with Crippen LogP contribution < -0.4 is 14.2 Å². The van der Waals surface area contributed by atoms with Crippen LogP contribution in [0.4, 0.5) is 36.4 Å². The summed E-state index contributed by atoms with van der Waals surface area (Å²) in [6.07, 6.45) is -5.67. The number of alkyl halides is 6. The predicted octanol–water partition coefficient (Wildman–Crippen LogP) is 6.16. The molecule has 0 saturated heterocycles. The van der Waals surface area contributed by atoms with E-state index in [9.17, 15) is 39.2 Å². The van der Waals surface area contributed by atoms with Crippen molar-refractivity contribution in [2.75, 3.05) is 10.5 Å². The maximum absolute atomic E-state index is 14.8. The number of aromatic nitrogens is 3. The molecule has 8 nitrogen and oxygen atoms in total. The van der Waals surface area contributed by atoms with Gasteiger partial charge in [-0.1, -0.05) is 12.1 Å². The number of benzene rings is 1. The molecule has 0 aliphatic heterocycles. The molecule has 0 aliphatic rings. The minimum absolute atomic E-state index is 0.149. The number of hydrogen-bond donors (Lipinski definition) is 1. The van der Waals surface area contributed by atoms with Crippen LogP contribution in [0.25, 0.3) is 11.3 Å². The third-order valence-electron chi connectivity index (χ3n) is 5.33. The zero-order valence-corrected chi connectivity index (χ0v) is 21.9. The lowest BCUT2D eigenvalue weighted by atomic mass is 10.1. The number of pyridine rings is 3. The van der Waals surface area contributed by atoms with Gasteiger partial charge >= 0.3 is 12.4 Å². The Morgan fingerprint density at radius 2 is 1.57 bits per heavy atom. The van der Waals surface area contributed by atoms with Gasteiger partial charge in [0.15, 0.2) is 5.75 Å². The number of nitrogens with zero attached hydrogens (tertiary/aromatic N) is 3. The van der Waals surface area contributed by atoms with Crippen molar-refractivity contribution >= 4 is 15.7 Å². The quantitative estimate of drug-likeness (QED) is 0.213. The predicted molar refractivity (Wildman–Crippen MR) is 135 cm³/mol. The highest BCUT2D eigenvalue weighted by Gasteiger charge is 2.36. The molecule has 3 aromatic heterocycles. The van der Waals surface area contributed by atoms with Gasteiger partial charge in [-0.3, -0.25) is 9.71 Å². The van der Waals surface area contributed by atoms with Crippen LogP contribution in [-0.2, 0) is 29.4 Å². The van der Waals surface area contributed by atoms with E-state index in [-0.39, 0.29) is 30.2 Å². The van der Waals surface area contributed by atoms with E-state index in [4.69, 9.17) is 9.47 Å². The number of rotatable bonds is 10. The molecule has 0 aliphatic carbocycles. The van der Waals surface area contributed by atoms with Crippen LogP contribution in [0.15, 0.2) is 73.2 Å². The Hall–Kier alpha value is -4.47. The summed E-state index contributed by atoms with van der Waals surface area (Å²) in [4.78, 5) is 11.8. The molecule has 1 N–H and O–H groups in total. The lowest BCUT2D eigenvalue weighted by molar-refractivity contribution is -0.137. The van der Waals surface area contributed by atoms with Crippen molar-refractivity contribution in [3.05, 3.63) is 95.7 Å². The Labute approximate surface area is 234 Å². The first kappa shape index (κ1) is 30.5. The number of sulfonamides is 1. The Morgan fingerprint density at radius 3 is 2.26 bits per heavy atom. The fraction of sp³-hybridized carbons (Fsp3) is 0.192. The van der Waals surface area contributed by atoms with Crippen molar-refractivity contribution in [2.45, 2.75) is 25.6 Å². The molecule has 0 atom stereocenters. The highest BCUT2D eigenvalue weighted by molar-refractivity contribution is 7.92. The molecule has 4 aromatic rings. The van der Waals surface area contributed by atoms with Crippen molar-refractivity contribution < 1.29 is 48.6 Å². The second-order valence-electron chi connectivity index (χ2n) is 8.66. The summed E-state index contributed by atoms with van der Waals surface area (Å²) in [7, 11) is -4.99. The minimum Gasteiger partial charge on any atom is -0.473 e. The van der Waals surface area contributed by atoms with Crippen molar-refractivity contribution in [3.8, 4) is 23.0 Å². The van der Waals surface area contributed by atoms with Crippen molar-refractivity contribution in [1.82, 2.24) is 15.0 Å². The zero-order valence-electron chi connectivity index (χ0n) is 21.1. The molecule has 0 bridgehead atoms. The molecule has 0 unspecified atom stereocenters. The van der Waals surface area contributed by atoms with E-state index < -0.39 is 56.8 Å². The Kier molecular flexibility index (Phi) is 8.84. The van der Waals surface area contributed by atoms with Crippen molar-refractivity contribution in [2.24, 2.45) is 0 Å². The first-order chi connectivity index (χ1) is 19.7. The summed E-state index contributed by atoms with van der Waals surface area (Å²) in [5.41, 5.74) is -1.29. The molecule has 4 rings (SSSR count). The van der Waals surface area contributed by atoms with Gasteiger partial charge in [-0.15, -0.1) is 0 Å². The second-order valence-corrected chi connectivity index (χ2v) is 10.4. The van der Waals surface area contributed by atoms with Gasteiger partial charge in [-0.25, -0.2) is 22.8 Å². The Morgan fingerprint density at radius 1 is 0.857 bits per heavy atom. The SMILES string of the molecule is O=S(=O)(CC(F)(F)F)Nc1cc(-c2nc(OCc3cccc(C(F)(F)F)c3)ccc2F)cnc1OCc1ccncc1. The van der Waals surface area contributed by atoms with Crippen LogP contribution in [0.2, 0.25) is 0 Å². The average Bonchev–Trinajstić information content (AvgIpc) is 2.90. The lowest BCUT2D eigenvalue weighted by Crippen LogP contribution is -2.28. The fourth-order valence-electron chi connectivity index (χ4n) is 3.52. The molecule has 1 aromatic carbocycles. The molecule has 222 valence electrons. The summed E-state index contributed by atoms with van der Waals surface area (Å²) in [5, 5.41) is 0. The molecule has 3 heterocycles. The van der Waals surface area contributed by atoms with Crippen LogP contribution >= 0.6 is 0 Å². The van der Waals surface area contributed by atoms with Gasteiger partial charge in [-0.05, 0) is 47.5 Å². The minimum atomic E-state index is -5.06. The number of nitrogens with one attached hydrogen (secondary N) is 1. The smallest absolute Gasteiger partial charge is 0.416 e. The van der Waals surface area contributed by atoms with E-state index in [1.807, 2.05) is 0 Å². The standard InChI is InChI=1S/C26H19F7N4O4S/c27-20-4-5-22(40-14-17-2-1-3-19(10-17)26(31,32)33)36-23(20)18-11-21(37-42(38,39)15-25(28,29)30)24(35-12-18)41-13-16-6-8-34-9-7-16/h1-12,37H,13-15H2. The second kappa shape index (κ2) is 12.2. The molecule has 0 radical (unpaired) electrons. The van der Waals surface area contributed by atoms with Crippen LogP contribution in [0.3, 0.4) is 0 Å². The highest BCUT2D eigenvalue weighted by Crippen LogP contribution is 2.33. The summed E-state index contributed by atoms with van der Waals surface area (Å²) >= 11 is 0. The van der Waals surface area contributed by atoms with Gasteiger partial charge in [0.1, 0.15) is 30.4 Å². The van der Waals surface area contributed by atoms with E-state index in [2.05, 4.69) is 15.0 Å². The van der Waals surface area contributed by atoms with E-state index in [1.165, 1.54) is 24.5 Å². The van der Waals surface area contributed by atoms with Crippen LogP contribution in [-0.4, -0.2) is 35.3 Å². The zero-order chi connectivity index (χ0) is 30.5. The molecule has 0 saturated carbocycles. The first-order valence-corrected chi connectivity index (χ1v) is 13.4. The number of anilines is 1. The largest absolute Gasteiger partial charge is 0.473 e. The summed E-state index contributed by atoms with van der Waals surface area (Å²) in [5.74, 6) is -3.75. The fourth-order valence-corrected chi connectivity index (χ4v) is 4.51. The van der Waals surface area contributed by atoms with E-state index in [0.717, 1.165) is 36.5 Å². The van der Waals surface area contributed by atoms with Crippen molar-refractivity contribution in [1.29, 1.82) is 0 Å². The maximum atomic E-state index is 14.8. The molecule has 42 heavy (non-hydrogen) atoms. The van der Waals surface area contributed by atoms with Crippen molar-refractivity contribution in [3.63, 3.8) is 0 Å². The molecule has 0 spiro atoms.